The van der Waals surface area contributed by atoms with Gasteiger partial charge in [-0.25, -0.2) is 0 Å². The molecule has 0 saturated heterocycles. The fourth-order valence-electron chi connectivity index (χ4n) is 1.68. The van der Waals surface area contributed by atoms with Crippen LogP contribution in [-0.2, 0) is 4.84 Å². The lowest BCUT2D eigenvalue weighted by Crippen LogP contribution is -2.09. The fourth-order valence-corrected chi connectivity index (χ4v) is 2.88. The molecule has 4 nitrogen and oxygen atoms in total. The van der Waals surface area contributed by atoms with Gasteiger partial charge >= 0.3 is 0 Å². The predicted molar refractivity (Wildman–Crippen MR) is 88.0 cm³/mol. The predicted octanol–water partition coefficient (Wildman–Crippen LogP) is 3.79. The molecule has 21 heavy (non-hydrogen) atoms. The second kappa shape index (κ2) is 7.66. The fraction of sp³-hybridized carbons (Fsp3) is 0.214. The topological polar surface area (TPSA) is 56.8 Å². The van der Waals surface area contributed by atoms with E-state index in [4.69, 9.17) is 38.5 Å². The molecule has 0 aliphatic carbocycles. The highest BCUT2D eigenvalue weighted by Crippen LogP contribution is 2.36. The summed E-state index contributed by atoms with van der Waals surface area (Å²) < 4.78 is 5.15. The minimum atomic E-state index is 0.330. The zero-order valence-corrected chi connectivity index (χ0v) is 13.6. The van der Waals surface area contributed by atoms with E-state index in [9.17, 15) is 0 Å². The van der Waals surface area contributed by atoms with E-state index < -0.39 is 0 Å². The van der Waals surface area contributed by atoms with Crippen molar-refractivity contribution in [3.63, 3.8) is 0 Å². The first-order valence-electron chi connectivity index (χ1n) is 6.15. The van der Waals surface area contributed by atoms with Gasteiger partial charge in [0.25, 0.3) is 0 Å². The van der Waals surface area contributed by atoms with Crippen LogP contribution in [0.3, 0.4) is 0 Å². The molecule has 112 valence electrons. The van der Waals surface area contributed by atoms with Crippen LogP contribution in [-0.4, -0.2) is 26.0 Å². The van der Waals surface area contributed by atoms with Crippen molar-refractivity contribution in [1.82, 2.24) is 0 Å². The first-order chi connectivity index (χ1) is 10.2. The van der Waals surface area contributed by atoms with Crippen molar-refractivity contribution in [2.75, 3.05) is 20.3 Å². The van der Waals surface area contributed by atoms with Crippen LogP contribution in [0.4, 0.5) is 0 Å². The summed E-state index contributed by atoms with van der Waals surface area (Å²) in [5.74, 6) is 0.513. The molecule has 1 aromatic heterocycles. The summed E-state index contributed by atoms with van der Waals surface area (Å²) in [6.45, 7) is 0.717. The Morgan fingerprint density at radius 2 is 2.10 bits per heavy atom. The lowest BCUT2D eigenvalue weighted by Gasteiger charge is -2.11. The van der Waals surface area contributed by atoms with E-state index in [1.807, 2.05) is 17.5 Å². The third-order valence-electron chi connectivity index (χ3n) is 2.64. The van der Waals surface area contributed by atoms with Gasteiger partial charge in [-0.05, 0) is 23.6 Å². The van der Waals surface area contributed by atoms with E-state index >= 15 is 0 Å². The van der Waals surface area contributed by atoms with Crippen LogP contribution in [0.5, 0.6) is 5.75 Å². The van der Waals surface area contributed by atoms with E-state index in [0.717, 1.165) is 4.88 Å². The molecule has 0 unspecified atom stereocenters. The van der Waals surface area contributed by atoms with Crippen LogP contribution in [0.15, 0.2) is 34.8 Å². The van der Waals surface area contributed by atoms with E-state index in [2.05, 4.69) is 5.16 Å². The largest absolute Gasteiger partial charge is 0.495 e. The van der Waals surface area contributed by atoms with Crippen LogP contribution >= 0.6 is 34.5 Å². The Morgan fingerprint density at radius 3 is 2.71 bits per heavy atom. The van der Waals surface area contributed by atoms with E-state index in [1.165, 1.54) is 18.4 Å². The summed E-state index contributed by atoms with van der Waals surface area (Å²) in [6.07, 6.45) is 0. The molecule has 7 heteroatoms. The van der Waals surface area contributed by atoms with Gasteiger partial charge in [0, 0.05) is 12.1 Å². The first-order valence-corrected chi connectivity index (χ1v) is 7.78. The molecule has 2 rings (SSSR count). The second-order valence-electron chi connectivity index (χ2n) is 3.98. The van der Waals surface area contributed by atoms with Gasteiger partial charge in [-0.15, -0.1) is 11.3 Å². The SMILES string of the molecule is COc1ccc(C(=NOCCN)c2cccs2)c(Cl)c1Cl. The van der Waals surface area contributed by atoms with Gasteiger partial charge in [0.2, 0.25) is 0 Å². The van der Waals surface area contributed by atoms with Gasteiger partial charge in [-0.3, -0.25) is 0 Å². The number of benzene rings is 1. The number of nitrogens with two attached hydrogens (primary N) is 1. The zero-order valence-electron chi connectivity index (χ0n) is 11.3. The molecule has 0 atom stereocenters. The maximum absolute atomic E-state index is 6.33. The summed E-state index contributed by atoms with van der Waals surface area (Å²) in [5, 5.41) is 6.82. The number of thiophene rings is 1. The molecule has 0 saturated carbocycles. The van der Waals surface area contributed by atoms with Gasteiger partial charge in [-0.1, -0.05) is 34.4 Å². The Labute approximate surface area is 137 Å². The molecule has 0 aliphatic rings. The minimum absolute atomic E-state index is 0.330. The van der Waals surface area contributed by atoms with Crippen LogP contribution in [0.2, 0.25) is 10.0 Å². The Kier molecular flexibility index (Phi) is 5.87. The quantitative estimate of drug-likeness (QED) is 0.492. The number of oxime groups is 1. The summed E-state index contributed by atoms with van der Waals surface area (Å²) in [6, 6.07) is 7.41. The van der Waals surface area contributed by atoms with Gasteiger partial charge in [0.1, 0.15) is 23.1 Å². The molecule has 2 aromatic rings. The third kappa shape index (κ3) is 3.68. The molecule has 2 N–H and O–H groups in total. The Bertz CT molecular complexity index is 630. The highest BCUT2D eigenvalue weighted by molar-refractivity contribution is 7.12. The molecule has 1 heterocycles. The average molecular weight is 345 g/mol. The molecule has 0 spiro atoms. The molecule has 1 aromatic carbocycles. The van der Waals surface area contributed by atoms with Gasteiger partial charge in [0.15, 0.2) is 0 Å². The Hall–Kier alpha value is -1.27. The summed E-state index contributed by atoms with van der Waals surface area (Å²) in [4.78, 5) is 6.14. The average Bonchev–Trinajstić information content (AvgIpc) is 3.01. The second-order valence-corrected chi connectivity index (χ2v) is 5.69. The maximum atomic E-state index is 6.33. The maximum Gasteiger partial charge on any atom is 0.139 e. The first kappa shape index (κ1) is 16.1. The lowest BCUT2D eigenvalue weighted by molar-refractivity contribution is 0.152. The lowest BCUT2D eigenvalue weighted by atomic mass is 10.1. The molecule has 0 amide bonds. The molecule has 0 bridgehead atoms. The Balaban J connectivity index is 2.47. The van der Waals surface area contributed by atoms with Crippen molar-refractivity contribution < 1.29 is 9.57 Å². The van der Waals surface area contributed by atoms with Gasteiger partial charge in [0.05, 0.1) is 17.0 Å². The molecule has 0 fully saturated rings. The number of hydrogen-bond donors (Lipinski definition) is 1. The Morgan fingerprint density at radius 1 is 1.29 bits per heavy atom. The molecular formula is C14H14Cl2N2O2S. The standard InChI is InChI=1S/C14H14Cl2N2O2S/c1-19-10-5-4-9(12(15)13(10)16)14(18-20-7-6-17)11-3-2-8-21-11/h2-5,8H,6-7,17H2,1H3. The number of nitrogens with zero attached hydrogens (tertiary/aromatic N) is 1. The molecular weight excluding hydrogens is 331 g/mol. The van der Waals surface area contributed by atoms with E-state index in [0.29, 0.717) is 40.2 Å². The summed E-state index contributed by atoms with van der Waals surface area (Å²) in [7, 11) is 1.54. The molecule has 0 aliphatic heterocycles. The van der Waals surface area contributed by atoms with Crippen LogP contribution in [0.1, 0.15) is 10.4 Å². The number of halogens is 2. The van der Waals surface area contributed by atoms with Crippen LogP contribution in [0.25, 0.3) is 0 Å². The normalized spacial score (nSPS) is 11.5. The number of hydrogen-bond acceptors (Lipinski definition) is 5. The third-order valence-corrected chi connectivity index (χ3v) is 4.38. The molecule has 0 radical (unpaired) electrons. The van der Waals surface area contributed by atoms with E-state index in [-0.39, 0.29) is 0 Å². The number of methoxy groups -OCH3 is 1. The van der Waals surface area contributed by atoms with Crippen molar-refractivity contribution in [3.8, 4) is 5.75 Å². The van der Waals surface area contributed by atoms with Crippen molar-refractivity contribution >= 4 is 40.3 Å². The smallest absolute Gasteiger partial charge is 0.139 e. The van der Waals surface area contributed by atoms with Gasteiger partial charge < -0.3 is 15.3 Å². The van der Waals surface area contributed by atoms with Crippen molar-refractivity contribution in [2.45, 2.75) is 0 Å². The van der Waals surface area contributed by atoms with E-state index in [1.54, 1.807) is 12.1 Å². The highest BCUT2D eigenvalue weighted by atomic mass is 35.5. The zero-order chi connectivity index (χ0) is 15.2. The van der Waals surface area contributed by atoms with Crippen LogP contribution in [0, 0.1) is 0 Å². The highest BCUT2D eigenvalue weighted by Gasteiger charge is 2.17. The van der Waals surface area contributed by atoms with Crippen molar-refractivity contribution in [1.29, 1.82) is 0 Å². The number of ether oxygens (including phenoxy) is 1. The van der Waals surface area contributed by atoms with Gasteiger partial charge in [-0.2, -0.15) is 0 Å². The summed E-state index contributed by atoms with van der Waals surface area (Å²) >= 11 is 14.1. The monoisotopic (exact) mass is 344 g/mol. The van der Waals surface area contributed by atoms with Crippen molar-refractivity contribution in [3.05, 3.63) is 50.1 Å². The van der Waals surface area contributed by atoms with Crippen LogP contribution < -0.4 is 10.5 Å². The summed E-state index contributed by atoms with van der Waals surface area (Å²) in [5.41, 5.74) is 6.71. The number of rotatable bonds is 6. The minimum Gasteiger partial charge on any atom is -0.495 e. The van der Waals surface area contributed by atoms with Crippen molar-refractivity contribution in [2.24, 2.45) is 10.9 Å².